The van der Waals surface area contributed by atoms with Crippen LogP contribution in [-0.2, 0) is 9.53 Å². The van der Waals surface area contributed by atoms with Gasteiger partial charge in [0.2, 0.25) is 0 Å². The maximum atomic E-state index is 12.1. The van der Waals surface area contributed by atoms with Gasteiger partial charge >= 0.3 is 5.97 Å². The van der Waals surface area contributed by atoms with Crippen molar-refractivity contribution >= 4 is 18.4 Å². The molecule has 3 nitrogen and oxygen atoms in total. The van der Waals surface area contributed by atoms with E-state index < -0.39 is 5.54 Å². The Hall–Kier alpha value is -0.280. The second-order valence-corrected chi connectivity index (χ2v) is 5.68. The van der Waals surface area contributed by atoms with E-state index in [1.807, 2.05) is 0 Å². The molecule has 0 spiro atoms. The number of hydrogen-bond acceptors (Lipinski definition) is 3. The van der Waals surface area contributed by atoms with Crippen LogP contribution in [0.25, 0.3) is 0 Å². The minimum absolute atomic E-state index is 0. The minimum atomic E-state index is -0.634. The van der Waals surface area contributed by atoms with Gasteiger partial charge in [-0.2, -0.15) is 0 Å². The molecule has 2 aliphatic carbocycles. The Kier molecular flexibility index (Phi) is 5.93. The van der Waals surface area contributed by atoms with Gasteiger partial charge in [-0.3, -0.25) is 4.79 Å². The molecule has 0 aromatic heterocycles. The zero-order valence-corrected chi connectivity index (χ0v) is 12.1. The summed E-state index contributed by atoms with van der Waals surface area (Å²) in [5, 5.41) is 0. The van der Waals surface area contributed by atoms with E-state index in [0.29, 0.717) is 18.4 Å². The number of carbonyl (C=O) groups is 1. The summed E-state index contributed by atoms with van der Waals surface area (Å²) in [5.74, 6) is 0.676. The van der Waals surface area contributed by atoms with Crippen molar-refractivity contribution in [1.82, 2.24) is 0 Å². The molecule has 2 N–H and O–H groups in total. The van der Waals surface area contributed by atoms with E-state index in [0.717, 1.165) is 38.5 Å². The predicted molar refractivity (Wildman–Crippen MR) is 74.7 cm³/mol. The van der Waals surface area contributed by atoms with Crippen molar-refractivity contribution in [3.63, 3.8) is 0 Å². The SMILES string of the molecule is CCCCCCOC(=O)C(N)(C1CC1)C1CC1.Cl. The largest absolute Gasteiger partial charge is 0.464 e. The summed E-state index contributed by atoms with van der Waals surface area (Å²) in [4.78, 5) is 12.1. The van der Waals surface area contributed by atoms with Crippen LogP contribution in [0.15, 0.2) is 0 Å². The normalized spacial score (nSPS) is 19.2. The van der Waals surface area contributed by atoms with Gasteiger partial charge in [0.05, 0.1) is 6.61 Å². The molecular weight excluding hydrogens is 250 g/mol. The molecule has 0 aromatic rings. The molecule has 0 atom stereocenters. The van der Waals surface area contributed by atoms with Crippen molar-refractivity contribution in [2.45, 2.75) is 63.8 Å². The van der Waals surface area contributed by atoms with E-state index in [9.17, 15) is 4.79 Å². The third-order valence-electron chi connectivity index (χ3n) is 4.09. The molecule has 0 saturated heterocycles. The topological polar surface area (TPSA) is 52.3 Å². The Morgan fingerprint density at radius 2 is 1.72 bits per heavy atom. The Bertz CT molecular complexity index is 263. The highest BCUT2D eigenvalue weighted by Crippen LogP contribution is 2.51. The monoisotopic (exact) mass is 275 g/mol. The van der Waals surface area contributed by atoms with Crippen LogP contribution in [0.2, 0.25) is 0 Å². The molecule has 0 amide bonds. The van der Waals surface area contributed by atoms with Gasteiger partial charge in [0, 0.05) is 0 Å². The van der Waals surface area contributed by atoms with Crippen molar-refractivity contribution in [3.05, 3.63) is 0 Å². The second kappa shape index (κ2) is 6.76. The third kappa shape index (κ3) is 3.61. The van der Waals surface area contributed by atoms with Gasteiger partial charge in [0.25, 0.3) is 0 Å². The number of halogens is 1. The number of ether oxygens (including phenoxy) is 1. The van der Waals surface area contributed by atoms with E-state index >= 15 is 0 Å². The van der Waals surface area contributed by atoms with Crippen LogP contribution < -0.4 is 5.73 Å². The van der Waals surface area contributed by atoms with Gasteiger partial charge in [-0.1, -0.05) is 26.2 Å². The van der Waals surface area contributed by atoms with Gasteiger partial charge in [-0.05, 0) is 43.9 Å². The lowest BCUT2D eigenvalue weighted by atomic mass is 9.89. The molecule has 2 fully saturated rings. The van der Waals surface area contributed by atoms with Gasteiger partial charge < -0.3 is 10.5 Å². The van der Waals surface area contributed by atoms with Crippen LogP contribution in [0.4, 0.5) is 0 Å². The summed E-state index contributed by atoms with van der Waals surface area (Å²) in [6.07, 6.45) is 8.99. The van der Waals surface area contributed by atoms with Crippen molar-refractivity contribution < 1.29 is 9.53 Å². The van der Waals surface area contributed by atoms with E-state index in [4.69, 9.17) is 10.5 Å². The molecule has 2 saturated carbocycles. The molecule has 18 heavy (non-hydrogen) atoms. The molecule has 106 valence electrons. The molecule has 4 heteroatoms. The number of esters is 1. The van der Waals surface area contributed by atoms with Crippen LogP contribution >= 0.6 is 12.4 Å². The average Bonchev–Trinajstić information content (AvgIpc) is 3.20. The first-order chi connectivity index (χ1) is 8.19. The van der Waals surface area contributed by atoms with E-state index in [2.05, 4.69) is 6.92 Å². The lowest BCUT2D eigenvalue weighted by Crippen LogP contribution is -2.53. The standard InChI is InChI=1S/C14H25NO2.ClH/c1-2-3-4-5-10-17-13(16)14(15,11-6-7-11)12-8-9-12;/h11-12H,2-10,15H2,1H3;1H. The molecule has 0 heterocycles. The number of rotatable bonds is 8. The second-order valence-electron chi connectivity index (χ2n) is 5.68. The fraction of sp³-hybridized carbons (Fsp3) is 0.929. The lowest BCUT2D eigenvalue weighted by molar-refractivity contribution is -0.152. The lowest BCUT2D eigenvalue weighted by Gasteiger charge is -2.27. The summed E-state index contributed by atoms with van der Waals surface area (Å²) in [6, 6.07) is 0. The molecule has 2 rings (SSSR count). The summed E-state index contributed by atoms with van der Waals surface area (Å²) >= 11 is 0. The summed E-state index contributed by atoms with van der Waals surface area (Å²) in [5.41, 5.74) is 5.68. The molecule has 0 radical (unpaired) electrons. The van der Waals surface area contributed by atoms with Crippen LogP contribution in [0, 0.1) is 11.8 Å². The zero-order chi connectivity index (χ0) is 12.3. The highest BCUT2D eigenvalue weighted by atomic mass is 35.5. The predicted octanol–water partition coefficient (Wildman–Crippen LogP) is 3.05. The Morgan fingerprint density at radius 1 is 1.17 bits per heavy atom. The first kappa shape index (κ1) is 15.8. The van der Waals surface area contributed by atoms with Crippen molar-refractivity contribution in [1.29, 1.82) is 0 Å². The zero-order valence-electron chi connectivity index (χ0n) is 11.3. The van der Waals surface area contributed by atoms with Crippen LogP contribution in [0.5, 0.6) is 0 Å². The van der Waals surface area contributed by atoms with E-state index in [1.54, 1.807) is 0 Å². The van der Waals surface area contributed by atoms with Crippen LogP contribution in [-0.4, -0.2) is 18.1 Å². The Balaban J connectivity index is 0.00000162. The molecule has 0 aliphatic heterocycles. The molecule has 0 aromatic carbocycles. The molecule has 0 bridgehead atoms. The summed E-state index contributed by atoms with van der Waals surface area (Å²) < 4.78 is 5.39. The van der Waals surface area contributed by atoms with Gasteiger partial charge in [0.15, 0.2) is 0 Å². The Labute approximate surface area is 116 Å². The quantitative estimate of drug-likeness (QED) is 0.547. The highest BCUT2D eigenvalue weighted by molar-refractivity contribution is 5.85. The molecular formula is C14H26ClNO2. The van der Waals surface area contributed by atoms with Crippen molar-refractivity contribution in [2.24, 2.45) is 17.6 Å². The third-order valence-corrected chi connectivity index (χ3v) is 4.09. The maximum absolute atomic E-state index is 12.1. The number of hydrogen-bond donors (Lipinski definition) is 1. The number of unbranched alkanes of at least 4 members (excludes halogenated alkanes) is 3. The Morgan fingerprint density at radius 3 is 2.17 bits per heavy atom. The average molecular weight is 276 g/mol. The van der Waals surface area contributed by atoms with Gasteiger partial charge in [-0.15, -0.1) is 12.4 Å². The molecule has 2 aliphatic rings. The fourth-order valence-electron chi connectivity index (χ4n) is 2.61. The van der Waals surface area contributed by atoms with Crippen LogP contribution in [0.3, 0.4) is 0 Å². The highest BCUT2D eigenvalue weighted by Gasteiger charge is 2.57. The smallest absolute Gasteiger partial charge is 0.326 e. The van der Waals surface area contributed by atoms with Crippen molar-refractivity contribution in [2.75, 3.05) is 6.61 Å². The van der Waals surface area contributed by atoms with E-state index in [-0.39, 0.29) is 18.4 Å². The maximum Gasteiger partial charge on any atom is 0.326 e. The number of nitrogens with two attached hydrogens (primary N) is 1. The van der Waals surface area contributed by atoms with Gasteiger partial charge in [0.1, 0.15) is 5.54 Å². The van der Waals surface area contributed by atoms with Crippen molar-refractivity contribution in [3.8, 4) is 0 Å². The van der Waals surface area contributed by atoms with Gasteiger partial charge in [-0.25, -0.2) is 0 Å². The molecule has 0 unspecified atom stereocenters. The fourth-order valence-corrected chi connectivity index (χ4v) is 2.61. The van der Waals surface area contributed by atoms with E-state index in [1.165, 1.54) is 12.8 Å². The minimum Gasteiger partial charge on any atom is -0.464 e. The summed E-state index contributed by atoms with van der Waals surface area (Å²) in [6.45, 7) is 2.73. The first-order valence-corrected chi connectivity index (χ1v) is 7.15. The first-order valence-electron chi connectivity index (χ1n) is 7.15. The van der Waals surface area contributed by atoms with Crippen LogP contribution in [0.1, 0.15) is 58.3 Å². The summed E-state index contributed by atoms with van der Waals surface area (Å²) in [7, 11) is 0. The number of carbonyl (C=O) groups excluding carboxylic acids is 1.